The lowest BCUT2D eigenvalue weighted by Gasteiger charge is -2.12. The molecule has 0 spiro atoms. The maximum atomic E-state index is 11.4. The zero-order valence-corrected chi connectivity index (χ0v) is 13.3. The summed E-state index contributed by atoms with van der Waals surface area (Å²) in [6.07, 6.45) is 4.58. The molecule has 0 saturated carbocycles. The first-order chi connectivity index (χ1) is 8.86. The summed E-state index contributed by atoms with van der Waals surface area (Å²) in [5.41, 5.74) is 1.41. The normalized spacial score (nSPS) is 11.6. The van der Waals surface area contributed by atoms with Gasteiger partial charge in [0.05, 0.1) is 11.5 Å². The van der Waals surface area contributed by atoms with Gasteiger partial charge >= 0.3 is 0 Å². The highest BCUT2D eigenvalue weighted by Crippen LogP contribution is 2.28. The molecule has 0 saturated heterocycles. The number of benzene rings is 1. The fourth-order valence-electron chi connectivity index (χ4n) is 1.89. The van der Waals surface area contributed by atoms with E-state index in [0.29, 0.717) is 12.2 Å². The smallest absolute Gasteiger partial charge is 0.261 e. The van der Waals surface area contributed by atoms with Crippen LogP contribution in [-0.2, 0) is 9.05 Å². The number of ether oxygens (including phenoxy) is 1. The molecule has 0 radical (unpaired) electrons. The SMILES string of the molecule is CCCCCCOc1cc(C)c(S(=O)(=O)Cl)cc1C. The van der Waals surface area contributed by atoms with Gasteiger partial charge in [-0.05, 0) is 43.5 Å². The highest BCUT2D eigenvalue weighted by atomic mass is 35.7. The Hall–Kier alpha value is -0.740. The first kappa shape index (κ1) is 16.3. The number of unbranched alkanes of at least 4 members (excludes halogenated alkanes) is 3. The third-order valence-corrected chi connectivity index (χ3v) is 4.45. The van der Waals surface area contributed by atoms with Gasteiger partial charge in [0, 0.05) is 10.7 Å². The van der Waals surface area contributed by atoms with E-state index in [1.54, 1.807) is 19.1 Å². The van der Waals surface area contributed by atoms with E-state index in [4.69, 9.17) is 15.4 Å². The Morgan fingerprint density at radius 1 is 1.11 bits per heavy atom. The molecule has 3 nitrogen and oxygen atoms in total. The van der Waals surface area contributed by atoms with Crippen LogP contribution in [0.1, 0.15) is 43.7 Å². The molecule has 0 aromatic heterocycles. The van der Waals surface area contributed by atoms with Gasteiger partial charge in [-0.15, -0.1) is 0 Å². The zero-order valence-electron chi connectivity index (χ0n) is 11.7. The first-order valence-electron chi connectivity index (χ1n) is 6.55. The van der Waals surface area contributed by atoms with Crippen LogP contribution in [0.5, 0.6) is 5.75 Å². The molecule has 0 bridgehead atoms. The zero-order chi connectivity index (χ0) is 14.5. The topological polar surface area (TPSA) is 43.4 Å². The van der Waals surface area contributed by atoms with Crippen LogP contribution in [-0.4, -0.2) is 15.0 Å². The Bertz CT molecular complexity index is 524. The number of hydrogen-bond acceptors (Lipinski definition) is 3. The molecule has 5 heteroatoms. The molecule has 1 aromatic rings. The van der Waals surface area contributed by atoms with E-state index in [-0.39, 0.29) is 4.90 Å². The van der Waals surface area contributed by atoms with E-state index in [0.717, 1.165) is 24.2 Å². The molecule has 0 atom stereocenters. The molecule has 0 aliphatic carbocycles. The lowest BCUT2D eigenvalue weighted by atomic mass is 10.1. The molecule has 0 amide bonds. The number of rotatable bonds is 7. The van der Waals surface area contributed by atoms with Crippen LogP contribution in [0, 0.1) is 13.8 Å². The lowest BCUT2D eigenvalue weighted by molar-refractivity contribution is 0.302. The van der Waals surface area contributed by atoms with Gasteiger partial charge in [0.2, 0.25) is 0 Å². The summed E-state index contributed by atoms with van der Waals surface area (Å²) < 4.78 is 28.4. The van der Waals surface area contributed by atoms with Crippen LogP contribution in [0.15, 0.2) is 17.0 Å². The molecular formula is C14H21ClO3S. The third-order valence-electron chi connectivity index (χ3n) is 2.99. The second kappa shape index (κ2) is 7.15. The summed E-state index contributed by atoms with van der Waals surface area (Å²) in [5.74, 6) is 0.734. The van der Waals surface area contributed by atoms with Crippen molar-refractivity contribution >= 4 is 19.7 Å². The standard InChI is InChI=1S/C14H21ClO3S/c1-4-5-6-7-8-18-13-9-12(3)14(10-11(13)2)19(15,16)17/h9-10H,4-8H2,1-3H3. The van der Waals surface area contributed by atoms with Crippen molar-refractivity contribution in [2.24, 2.45) is 0 Å². The van der Waals surface area contributed by atoms with Gasteiger partial charge in [-0.2, -0.15) is 0 Å². The van der Waals surface area contributed by atoms with Crippen molar-refractivity contribution in [3.8, 4) is 5.75 Å². The average Bonchev–Trinajstić information content (AvgIpc) is 2.31. The predicted octanol–water partition coefficient (Wildman–Crippen LogP) is 4.19. The minimum Gasteiger partial charge on any atom is -0.493 e. The average molecular weight is 305 g/mol. The van der Waals surface area contributed by atoms with Gasteiger partial charge in [-0.25, -0.2) is 8.42 Å². The molecule has 0 aliphatic heterocycles. The first-order valence-corrected chi connectivity index (χ1v) is 8.86. The summed E-state index contributed by atoms with van der Waals surface area (Å²) in [5, 5.41) is 0. The molecule has 1 aromatic carbocycles. The predicted molar refractivity (Wildman–Crippen MR) is 78.6 cm³/mol. The van der Waals surface area contributed by atoms with Crippen LogP contribution in [0.2, 0.25) is 0 Å². The minimum atomic E-state index is -3.69. The van der Waals surface area contributed by atoms with E-state index in [1.807, 2.05) is 6.92 Å². The van der Waals surface area contributed by atoms with Gasteiger partial charge in [0.25, 0.3) is 9.05 Å². The Morgan fingerprint density at radius 2 is 1.79 bits per heavy atom. The van der Waals surface area contributed by atoms with Crippen molar-refractivity contribution in [3.05, 3.63) is 23.3 Å². The van der Waals surface area contributed by atoms with E-state index < -0.39 is 9.05 Å². The summed E-state index contributed by atoms with van der Waals surface area (Å²) in [6, 6.07) is 3.31. The largest absolute Gasteiger partial charge is 0.493 e. The molecule has 0 heterocycles. The van der Waals surface area contributed by atoms with Crippen LogP contribution >= 0.6 is 10.7 Å². The van der Waals surface area contributed by atoms with Gasteiger partial charge in [-0.1, -0.05) is 26.2 Å². The highest BCUT2D eigenvalue weighted by Gasteiger charge is 2.15. The number of halogens is 1. The van der Waals surface area contributed by atoms with Gasteiger partial charge in [0.1, 0.15) is 5.75 Å². The second-order valence-corrected chi connectivity index (χ2v) is 7.26. The summed E-state index contributed by atoms with van der Waals surface area (Å²) in [4.78, 5) is 0.157. The van der Waals surface area contributed by atoms with Crippen molar-refractivity contribution in [3.63, 3.8) is 0 Å². The lowest BCUT2D eigenvalue weighted by Crippen LogP contribution is -2.02. The molecule has 0 N–H and O–H groups in total. The quantitative estimate of drug-likeness (QED) is 0.560. The summed E-state index contributed by atoms with van der Waals surface area (Å²) in [7, 11) is 1.69. The summed E-state index contributed by atoms with van der Waals surface area (Å²) in [6.45, 7) is 6.37. The summed E-state index contributed by atoms with van der Waals surface area (Å²) >= 11 is 0. The third kappa shape index (κ3) is 5.03. The van der Waals surface area contributed by atoms with Crippen molar-refractivity contribution in [2.75, 3.05) is 6.61 Å². The molecule has 0 fully saturated rings. The Balaban J connectivity index is 2.74. The fourth-order valence-corrected chi connectivity index (χ4v) is 3.15. The van der Waals surface area contributed by atoms with Crippen LogP contribution in [0.25, 0.3) is 0 Å². The molecule has 108 valence electrons. The molecule has 19 heavy (non-hydrogen) atoms. The van der Waals surface area contributed by atoms with Gasteiger partial charge in [-0.3, -0.25) is 0 Å². The van der Waals surface area contributed by atoms with Crippen molar-refractivity contribution < 1.29 is 13.2 Å². The maximum absolute atomic E-state index is 11.4. The Morgan fingerprint density at radius 3 is 2.37 bits per heavy atom. The molecule has 0 aliphatic rings. The van der Waals surface area contributed by atoms with Crippen LogP contribution < -0.4 is 4.74 Å². The molecular weight excluding hydrogens is 284 g/mol. The highest BCUT2D eigenvalue weighted by molar-refractivity contribution is 8.13. The minimum absolute atomic E-state index is 0.157. The fraction of sp³-hybridized carbons (Fsp3) is 0.571. The molecule has 0 unspecified atom stereocenters. The number of aryl methyl sites for hydroxylation is 2. The van der Waals surface area contributed by atoms with Crippen LogP contribution in [0.4, 0.5) is 0 Å². The van der Waals surface area contributed by atoms with Crippen molar-refractivity contribution in [2.45, 2.75) is 51.3 Å². The van der Waals surface area contributed by atoms with Gasteiger partial charge in [0.15, 0.2) is 0 Å². The van der Waals surface area contributed by atoms with E-state index in [2.05, 4.69) is 6.92 Å². The van der Waals surface area contributed by atoms with Gasteiger partial charge < -0.3 is 4.74 Å². The van der Waals surface area contributed by atoms with E-state index in [1.165, 1.54) is 12.8 Å². The maximum Gasteiger partial charge on any atom is 0.261 e. The second-order valence-electron chi connectivity index (χ2n) is 4.73. The Labute approximate surface area is 120 Å². The van der Waals surface area contributed by atoms with Crippen molar-refractivity contribution in [1.82, 2.24) is 0 Å². The number of hydrogen-bond donors (Lipinski definition) is 0. The molecule has 1 rings (SSSR count). The van der Waals surface area contributed by atoms with Crippen LogP contribution in [0.3, 0.4) is 0 Å². The van der Waals surface area contributed by atoms with E-state index >= 15 is 0 Å². The van der Waals surface area contributed by atoms with E-state index in [9.17, 15) is 8.42 Å². The monoisotopic (exact) mass is 304 g/mol. The Kier molecular flexibility index (Phi) is 6.14. The van der Waals surface area contributed by atoms with Crippen molar-refractivity contribution in [1.29, 1.82) is 0 Å².